The van der Waals surface area contributed by atoms with Gasteiger partial charge in [-0.15, -0.1) is 11.8 Å². The molecule has 0 heterocycles. The molecule has 0 spiro atoms. The Kier molecular flexibility index (Phi) is 5.43. The lowest BCUT2D eigenvalue weighted by Crippen LogP contribution is -2.13. The number of benzene rings is 1. The molecule has 0 saturated heterocycles. The van der Waals surface area contributed by atoms with Crippen LogP contribution < -0.4 is 0 Å². The van der Waals surface area contributed by atoms with Gasteiger partial charge in [0, 0.05) is 12.8 Å². The first-order chi connectivity index (χ1) is 8.48. The van der Waals surface area contributed by atoms with Crippen molar-refractivity contribution in [3.8, 4) is 11.8 Å². The Hall–Kier alpha value is -1.27. The molecular weight excluding hydrogens is 244 g/mol. The van der Waals surface area contributed by atoms with Gasteiger partial charge in [0.15, 0.2) is 9.84 Å². The fourth-order valence-corrected chi connectivity index (χ4v) is 2.60. The maximum Gasteiger partial charge on any atom is 0.180 e. The van der Waals surface area contributed by atoms with E-state index in [9.17, 15) is 8.42 Å². The Morgan fingerprint density at radius 3 is 2.22 bits per heavy atom. The average Bonchev–Trinajstić information content (AvgIpc) is 2.35. The highest BCUT2D eigenvalue weighted by Gasteiger charge is 2.18. The molecule has 0 aliphatic heterocycles. The fourth-order valence-electron chi connectivity index (χ4n) is 1.54. The van der Waals surface area contributed by atoms with Crippen LogP contribution in [0, 0.1) is 11.8 Å². The van der Waals surface area contributed by atoms with E-state index in [1.54, 1.807) is 26.0 Å². The van der Waals surface area contributed by atoms with Gasteiger partial charge in [0.1, 0.15) is 0 Å². The van der Waals surface area contributed by atoms with Crippen molar-refractivity contribution in [1.29, 1.82) is 0 Å². The molecule has 1 aromatic carbocycles. The van der Waals surface area contributed by atoms with E-state index in [4.69, 9.17) is 0 Å². The van der Waals surface area contributed by atoms with Crippen molar-refractivity contribution in [2.24, 2.45) is 0 Å². The summed E-state index contributed by atoms with van der Waals surface area (Å²) in [5, 5.41) is -0.376. The summed E-state index contributed by atoms with van der Waals surface area (Å²) < 4.78 is 23.8. The molecule has 0 atom stereocenters. The van der Waals surface area contributed by atoms with Gasteiger partial charge in [-0.2, -0.15) is 0 Å². The lowest BCUT2D eigenvalue weighted by atomic mass is 10.1. The maximum atomic E-state index is 11.9. The summed E-state index contributed by atoms with van der Waals surface area (Å²) in [5.74, 6) is 6.10. The average molecular weight is 264 g/mol. The van der Waals surface area contributed by atoms with E-state index in [-0.39, 0.29) is 5.25 Å². The SMILES string of the molecule is CCC#CCCc1ccc(S(=O)(=O)C(C)C)cc1. The lowest BCUT2D eigenvalue weighted by Gasteiger charge is -2.08. The summed E-state index contributed by atoms with van der Waals surface area (Å²) >= 11 is 0. The lowest BCUT2D eigenvalue weighted by molar-refractivity contribution is 0.587. The van der Waals surface area contributed by atoms with Crippen LogP contribution in [-0.4, -0.2) is 13.7 Å². The minimum Gasteiger partial charge on any atom is -0.223 e. The highest BCUT2D eigenvalue weighted by atomic mass is 32.2. The van der Waals surface area contributed by atoms with Gasteiger partial charge in [0.05, 0.1) is 10.1 Å². The van der Waals surface area contributed by atoms with Crippen molar-refractivity contribution in [2.45, 2.75) is 50.2 Å². The molecule has 0 bridgehead atoms. The van der Waals surface area contributed by atoms with E-state index < -0.39 is 9.84 Å². The van der Waals surface area contributed by atoms with Crippen LogP contribution >= 0.6 is 0 Å². The maximum absolute atomic E-state index is 11.9. The van der Waals surface area contributed by atoms with Crippen molar-refractivity contribution >= 4 is 9.84 Å². The predicted molar refractivity (Wildman–Crippen MR) is 75.2 cm³/mol. The van der Waals surface area contributed by atoms with Gasteiger partial charge in [-0.1, -0.05) is 19.1 Å². The van der Waals surface area contributed by atoms with Crippen molar-refractivity contribution in [3.63, 3.8) is 0 Å². The van der Waals surface area contributed by atoms with Crippen LogP contribution in [0.1, 0.15) is 39.2 Å². The summed E-state index contributed by atoms with van der Waals surface area (Å²) in [7, 11) is -3.15. The number of rotatable bonds is 4. The topological polar surface area (TPSA) is 34.1 Å². The predicted octanol–water partition coefficient (Wildman–Crippen LogP) is 3.21. The third kappa shape index (κ3) is 3.89. The second-order valence-corrected chi connectivity index (χ2v) is 6.95. The molecule has 98 valence electrons. The third-order valence-electron chi connectivity index (χ3n) is 2.71. The minimum atomic E-state index is -3.15. The van der Waals surface area contributed by atoms with Gasteiger partial charge < -0.3 is 0 Å². The highest BCUT2D eigenvalue weighted by Crippen LogP contribution is 2.16. The molecule has 3 heteroatoms. The summed E-state index contributed by atoms with van der Waals surface area (Å²) in [4.78, 5) is 0.404. The van der Waals surface area contributed by atoms with E-state index in [2.05, 4.69) is 11.8 Å². The van der Waals surface area contributed by atoms with Crippen molar-refractivity contribution in [1.82, 2.24) is 0 Å². The Labute approximate surface area is 110 Å². The van der Waals surface area contributed by atoms with Gasteiger partial charge in [0.2, 0.25) is 0 Å². The van der Waals surface area contributed by atoms with Crippen LogP contribution in [0.25, 0.3) is 0 Å². The van der Waals surface area contributed by atoms with E-state index in [0.29, 0.717) is 4.90 Å². The summed E-state index contributed by atoms with van der Waals surface area (Å²) in [6, 6.07) is 7.14. The van der Waals surface area contributed by atoms with Gasteiger partial charge in [-0.05, 0) is 38.0 Å². The monoisotopic (exact) mass is 264 g/mol. The molecule has 1 rings (SSSR count). The molecule has 0 radical (unpaired) electrons. The molecule has 0 amide bonds. The zero-order chi connectivity index (χ0) is 13.6. The van der Waals surface area contributed by atoms with Gasteiger partial charge in [-0.3, -0.25) is 0 Å². The van der Waals surface area contributed by atoms with E-state index in [1.165, 1.54) is 0 Å². The smallest absolute Gasteiger partial charge is 0.180 e. The molecule has 2 nitrogen and oxygen atoms in total. The standard InChI is InChI=1S/C15H20O2S/c1-4-5-6-7-8-14-9-11-15(12-10-14)18(16,17)13(2)3/h9-13H,4,7-8H2,1-3H3. The number of aryl methyl sites for hydroxylation is 1. The molecule has 0 aliphatic rings. The summed E-state index contributed by atoms with van der Waals surface area (Å²) in [6.07, 6.45) is 2.57. The Bertz CT molecular complexity index is 528. The third-order valence-corrected chi connectivity index (χ3v) is 4.88. The van der Waals surface area contributed by atoms with Crippen molar-refractivity contribution < 1.29 is 8.42 Å². The second kappa shape index (κ2) is 6.61. The van der Waals surface area contributed by atoms with Crippen LogP contribution in [0.2, 0.25) is 0 Å². The molecule has 0 saturated carbocycles. The van der Waals surface area contributed by atoms with Crippen LogP contribution in [0.3, 0.4) is 0 Å². The van der Waals surface area contributed by atoms with Crippen LogP contribution in [0.4, 0.5) is 0 Å². The molecule has 0 unspecified atom stereocenters. The fraction of sp³-hybridized carbons (Fsp3) is 0.467. The molecule has 0 aliphatic carbocycles. The number of sulfone groups is 1. The molecule has 1 aromatic rings. The van der Waals surface area contributed by atoms with Crippen molar-refractivity contribution in [3.05, 3.63) is 29.8 Å². The zero-order valence-electron chi connectivity index (χ0n) is 11.2. The summed E-state index contributed by atoms with van der Waals surface area (Å²) in [6.45, 7) is 5.42. The quantitative estimate of drug-likeness (QED) is 0.783. The second-order valence-electron chi connectivity index (χ2n) is 4.44. The van der Waals surface area contributed by atoms with E-state index >= 15 is 0 Å². The van der Waals surface area contributed by atoms with E-state index in [1.807, 2.05) is 19.1 Å². The van der Waals surface area contributed by atoms with Crippen molar-refractivity contribution in [2.75, 3.05) is 0 Å². The minimum absolute atomic E-state index is 0.376. The number of hydrogen-bond donors (Lipinski definition) is 0. The normalized spacial score (nSPS) is 11.1. The van der Waals surface area contributed by atoms with Crippen LogP contribution in [0.15, 0.2) is 29.2 Å². The Balaban J connectivity index is 2.75. The van der Waals surface area contributed by atoms with Gasteiger partial charge in [0.25, 0.3) is 0 Å². The van der Waals surface area contributed by atoms with E-state index in [0.717, 1.165) is 24.8 Å². The molecular formula is C15H20O2S. The first-order valence-corrected chi connectivity index (χ1v) is 7.81. The zero-order valence-corrected chi connectivity index (χ0v) is 12.0. The Morgan fingerprint density at radius 2 is 1.72 bits per heavy atom. The molecule has 18 heavy (non-hydrogen) atoms. The largest absolute Gasteiger partial charge is 0.223 e. The molecule has 0 N–H and O–H groups in total. The van der Waals surface area contributed by atoms with Gasteiger partial charge >= 0.3 is 0 Å². The molecule has 0 fully saturated rings. The highest BCUT2D eigenvalue weighted by molar-refractivity contribution is 7.92. The number of hydrogen-bond acceptors (Lipinski definition) is 2. The Morgan fingerprint density at radius 1 is 1.11 bits per heavy atom. The van der Waals surface area contributed by atoms with Crippen LogP contribution in [0.5, 0.6) is 0 Å². The molecule has 0 aromatic heterocycles. The first-order valence-electron chi connectivity index (χ1n) is 6.27. The van der Waals surface area contributed by atoms with Crippen LogP contribution in [-0.2, 0) is 16.3 Å². The summed E-state index contributed by atoms with van der Waals surface area (Å²) in [5.41, 5.74) is 1.13. The van der Waals surface area contributed by atoms with Gasteiger partial charge in [-0.25, -0.2) is 8.42 Å². The first kappa shape index (κ1) is 14.8.